The van der Waals surface area contributed by atoms with E-state index in [0.717, 1.165) is 28.3 Å². The monoisotopic (exact) mass is 353 g/mol. The highest BCUT2D eigenvalue weighted by Gasteiger charge is 2.25. The average molecular weight is 353 g/mol. The van der Waals surface area contributed by atoms with Gasteiger partial charge in [0.1, 0.15) is 12.6 Å². The molecule has 0 spiro atoms. The zero-order chi connectivity index (χ0) is 18.5. The van der Waals surface area contributed by atoms with Crippen LogP contribution in [-0.4, -0.2) is 14.1 Å². The second kappa shape index (κ2) is 5.81. The summed E-state index contributed by atoms with van der Waals surface area (Å²) in [5.41, 5.74) is 6.98. The van der Waals surface area contributed by atoms with Crippen LogP contribution in [0.5, 0.6) is 0 Å². The van der Waals surface area contributed by atoms with Crippen molar-refractivity contribution in [3.63, 3.8) is 0 Å². The number of fused-ring (bicyclic) bond motifs is 3. The van der Waals surface area contributed by atoms with E-state index in [-0.39, 0.29) is 0 Å². The van der Waals surface area contributed by atoms with E-state index in [2.05, 4.69) is 95.3 Å². The topological polar surface area (TPSA) is 26.1 Å². The fourth-order valence-corrected chi connectivity index (χ4v) is 3.87. The van der Waals surface area contributed by atoms with Gasteiger partial charge in [0.15, 0.2) is 5.52 Å². The lowest BCUT2D eigenvalue weighted by molar-refractivity contribution is -0.749. The van der Waals surface area contributed by atoms with Crippen molar-refractivity contribution in [1.29, 1.82) is 0 Å². The molecule has 0 bridgehead atoms. The minimum Gasteiger partial charge on any atom is -0.185 e. The van der Waals surface area contributed by atoms with Crippen LogP contribution in [0.15, 0.2) is 72.8 Å². The third-order valence-electron chi connectivity index (χ3n) is 5.36. The lowest BCUT2D eigenvalue weighted by atomic mass is 10.0. The molecule has 4 nitrogen and oxygen atoms in total. The normalized spacial score (nSPS) is 11.5. The number of imidazole rings is 1. The fourth-order valence-electron chi connectivity index (χ4n) is 3.87. The molecule has 4 heteroatoms. The predicted octanol–water partition coefficient (Wildman–Crippen LogP) is 4.39. The summed E-state index contributed by atoms with van der Waals surface area (Å²) >= 11 is 0. The molecule has 0 saturated carbocycles. The molecule has 3 aromatic carbocycles. The predicted molar refractivity (Wildman–Crippen MR) is 108 cm³/mol. The molecule has 0 aliphatic heterocycles. The van der Waals surface area contributed by atoms with Gasteiger partial charge in [0, 0.05) is 6.92 Å². The van der Waals surface area contributed by atoms with Gasteiger partial charge in [-0.1, -0.05) is 48.5 Å². The maximum Gasteiger partial charge on any atom is 0.344 e. The van der Waals surface area contributed by atoms with Crippen molar-refractivity contribution in [3.05, 3.63) is 84.2 Å². The Morgan fingerprint density at radius 1 is 0.815 bits per heavy atom. The van der Waals surface area contributed by atoms with Crippen LogP contribution in [0.3, 0.4) is 0 Å². The summed E-state index contributed by atoms with van der Waals surface area (Å²) in [7, 11) is 2.09. The molecule has 0 amide bonds. The molecule has 27 heavy (non-hydrogen) atoms. The van der Waals surface area contributed by atoms with E-state index in [0.29, 0.717) is 0 Å². The molecule has 2 heterocycles. The maximum absolute atomic E-state index is 4.90. The van der Waals surface area contributed by atoms with E-state index < -0.39 is 0 Å². The Labute approximate surface area is 157 Å². The third kappa shape index (κ3) is 2.30. The number of benzene rings is 3. The SMILES string of the molecule is Cc1cc(-c2ccccc2)ccc1-n1c2nc3ccccc3n2c(C)[n+]1C. The fraction of sp³-hybridized carbons (Fsp3) is 0.130. The summed E-state index contributed by atoms with van der Waals surface area (Å²) in [6.45, 7) is 4.29. The first-order valence-electron chi connectivity index (χ1n) is 9.16. The first-order valence-corrected chi connectivity index (χ1v) is 9.16. The third-order valence-corrected chi connectivity index (χ3v) is 5.36. The standard InChI is InChI=1S/C23H21N4/c1-16-15-19(18-9-5-4-6-10-18)13-14-21(16)27-23-24-20-11-7-8-12-22(20)26(23)17(2)25(27)3/h4-15H,1-3H3/q+1. The lowest BCUT2D eigenvalue weighted by Gasteiger charge is -2.09. The van der Waals surface area contributed by atoms with Crippen molar-refractivity contribution in [2.75, 3.05) is 0 Å². The van der Waals surface area contributed by atoms with Gasteiger partial charge < -0.3 is 0 Å². The summed E-state index contributed by atoms with van der Waals surface area (Å²) in [5.74, 6) is 2.08. The molecule has 0 unspecified atom stereocenters. The molecular weight excluding hydrogens is 332 g/mol. The maximum atomic E-state index is 4.90. The minimum atomic E-state index is 0.937. The first-order chi connectivity index (χ1) is 13.1. The Bertz CT molecular complexity index is 1290. The van der Waals surface area contributed by atoms with Crippen molar-refractivity contribution in [3.8, 4) is 16.8 Å². The highest BCUT2D eigenvalue weighted by Crippen LogP contribution is 2.26. The highest BCUT2D eigenvalue weighted by atomic mass is 15.5. The summed E-state index contributed by atoms with van der Waals surface area (Å²) in [6, 6.07) is 25.4. The van der Waals surface area contributed by atoms with Crippen LogP contribution in [0.2, 0.25) is 0 Å². The zero-order valence-electron chi connectivity index (χ0n) is 15.7. The lowest BCUT2D eigenvalue weighted by Crippen LogP contribution is -2.40. The van der Waals surface area contributed by atoms with Crippen LogP contribution >= 0.6 is 0 Å². The van der Waals surface area contributed by atoms with Crippen molar-refractivity contribution < 1.29 is 4.68 Å². The Morgan fingerprint density at radius 2 is 1.56 bits per heavy atom. The molecular formula is C23H21N4+. The van der Waals surface area contributed by atoms with Crippen LogP contribution < -0.4 is 4.68 Å². The average Bonchev–Trinajstić information content (AvgIpc) is 3.18. The Hall–Kier alpha value is -3.40. The van der Waals surface area contributed by atoms with E-state index >= 15 is 0 Å². The van der Waals surface area contributed by atoms with Gasteiger partial charge in [0.05, 0.1) is 5.69 Å². The largest absolute Gasteiger partial charge is 0.344 e. The van der Waals surface area contributed by atoms with Crippen LogP contribution in [0.25, 0.3) is 33.6 Å². The molecule has 132 valence electrons. The quantitative estimate of drug-likeness (QED) is 0.432. The van der Waals surface area contributed by atoms with Crippen molar-refractivity contribution in [1.82, 2.24) is 14.1 Å². The van der Waals surface area contributed by atoms with Gasteiger partial charge in [-0.05, 0) is 47.9 Å². The summed E-state index contributed by atoms with van der Waals surface area (Å²) < 4.78 is 6.58. The number of para-hydroxylation sites is 2. The van der Waals surface area contributed by atoms with Crippen LogP contribution in [-0.2, 0) is 7.05 Å². The molecule has 0 aliphatic carbocycles. The molecule has 0 fully saturated rings. The first kappa shape index (κ1) is 15.8. The molecule has 2 aromatic heterocycles. The van der Waals surface area contributed by atoms with Crippen molar-refractivity contribution in [2.24, 2.45) is 7.05 Å². The molecule has 5 rings (SSSR count). The number of rotatable bonds is 2. The van der Waals surface area contributed by atoms with Gasteiger partial charge in [-0.3, -0.25) is 0 Å². The van der Waals surface area contributed by atoms with Gasteiger partial charge >= 0.3 is 5.78 Å². The number of aromatic nitrogens is 4. The van der Waals surface area contributed by atoms with E-state index in [1.165, 1.54) is 16.7 Å². The van der Waals surface area contributed by atoms with Crippen molar-refractivity contribution in [2.45, 2.75) is 13.8 Å². The second-order valence-electron chi connectivity index (χ2n) is 6.99. The Morgan fingerprint density at radius 3 is 2.33 bits per heavy atom. The van der Waals surface area contributed by atoms with Crippen LogP contribution in [0.1, 0.15) is 11.4 Å². The Kier molecular flexibility index (Phi) is 3.41. The van der Waals surface area contributed by atoms with E-state index in [1.807, 2.05) is 12.1 Å². The van der Waals surface area contributed by atoms with Crippen LogP contribution in [0.4, 0.5) is 0 Å². The number of hydrogen-bond donors (Lipinski definition) is 0. The van der Waals surface area contributed by atoms with Gasteiger partial charge in [-0.25, -0.2) is 0 Å². The summed E-state index contributed by atoms with van der Waals surface area (Å²) in [5, 5.41) is 0. The Balaban J connectivity index is 1.75. The molecule has 0 radical (unpaired) electrons. The van der Waals surface area contributed by atoms with Gasteiger partial charge in [-0.2, -0.15) is 14.1 Å². The van der Waals surface area contributed by atoms with Gasteiger partial charge in [0.25, 0.3) is 5.82 Å². The smallest absolute Gasteiger partial charge is 0.185 e. The van der Waals surface area contributed by atoms with Crippen molar-refractivity contribution >= 4 is 16.8 Å². The van der Waals surface area contributed by atoms with E-state index in [1.54, 1.807) is 0 Å². The second-order valence-corrected chi connectivity index (χ2v) is 6.99. The van der Waals surface area contributed by atoms with E-state index in [4.69, 9.17) is 4.98 Å². The summed E-state index contributed by atoms with van der Waals surface area (Å²) in [4.78, 5) is 4.90. The molecule has 5 aromatic rings. The highest BCUT2D eigenvalue weighted by molar-refractivity contribution is 5.80. The minimum absolute atomic E-state index is 0.937. The number of hydrogen-bond acceptors (Lipinski definition) is 1. The van der Waals surface area contributed by atoms with Crippen LogP contribution in [0, 0.1) is 13.8 Å². The summed E-state index contributed by atoms with van der Waals surface area (Å²) in [6.07, 6.45) is 0. The number of aryl methyl sites for hydroxylation is 2. The zero-order valence-corrected chi connectivity index (χ0v) is 15.7. The molecule has 0 aliphatic rings. The molecule has 0 N–H and O–H groups in total. The van der Waals surface area contributed by atoms with Gasteiger partial charge in [0.2, 0.25) is 0 Å². The molecule has 0 saturated heterocycles. The van der Waals surface area contributed by atoms with E-state index in [9.17, 15) is 0 Å². The van der Waals surface area contributed by atoms with Gasteiger partial charge in [-0.15, -0.1) is 4.68 Å². The number of nitrogens with zero attached hydrogens (tertiary/aromatic N) is 4. The molecule has 0 atom stereocenters.